The number of para-hydroxylation sites is 1. The van der Waals surface area contributed by atoms with E-state index in [1.807, 2.05) is 38.2 Å². The largest absolute Gasteiger partial charge is 0.494 e. The van der Waals surface area contributed by atoms with E-state index in [1.165, 1.54) is 0 Å². The van der Waals surface area contributed by atoms with Crippen molar-refractivity contribution in [3.8, 4) is 5.75 Å². The number of rotatable bonds is 8. The molecule has 0 aromatic heterocycles. The molecular weight excluding hydrogens is 252 g/mol. The fraction of sp³-hybridized carbons (Fsp3) is 0.562. The highest BCUT2D eigenvalue weighted by molar-refractivity contribution is 5.76. The first-order valence-electron chi connectivity index (χ1n) is 7.28. The van der Waals surface area contributed by atoms with Crippen LogP contribution in [-0.4, -0.2) is 30.5 Å². The van der Waals surface area contributed by atoms with E-state index in [-0.39, 0.29) is 11.9 Å². The SMILES string of the molecule is CCCC(N)CC(=O)N(C)Cc1ccccc1OCC. The topological polar surface area (TPSA) is 55.6 Å². The molecule has 0 fully saturated rings. The quantitative estimate of drug-likeness (QED) is 0.795. The van der Waals surface area contributed by atoms with Gasteiger partial charge < -0.3 is 15.4 Å². The van der Waals surface area contributed by atoms with Gasteiger partial charge in [-0.3, -0.25) is 4.79 Å². The van der Waals surface area contributed by atoms with Gasteiger partial charge in [0.05, 0.1) is 6.61 Å². The van der Waals surface area contributed by atoms with Gasteiger partial charge in [0.1, 0.15) is 5.75 Å². The molecule has 1 amide bonds. The highest BCUT2D eigenvalue weighted by Gasteiger charge is 2.15. The molecule has 0 aliphatic carbocycles. The lowest BCUT2D eigenvalue weighted by molar-refractivity contribution is -0.130. The van der Waals surface area contributed by atoms with E-state index < -0.39 is 0 Å². The molecule has 0 spiro atoms. The van der Waals surface area contributed by atoms with Crippen molar-refractivity contribution in [3.05, 3.63) is 29.8 Å². The van der Waals surface area contributed by atoms with Crippen molar-refractivity contribution >= 4 is 5.91 Å². The van der Waals surface area contributed by atoms with Crippen molar-refractivity contribution in [3.63, 3.8) is 0 Å². The summed E-state index contributed by atoms with van der Waals surface area (Å²) in [4.78, 5) is 13.8. The van der Waals surface area contributed by atoms with Crippen LogP contribution in [0.25, 0.3) is 0 Å². The Morgan fingerprint density at radius 1 is 1.35 bits per heavy atom. The molecule has 112 valence electrons. The first-order valence-corrected chi connectivity index (χ1v) is 7.28. The highest BCUT2D eigenvalue weighted by Crippen LogP contribution is 2.19. The van der Waals surface area contributed by atoms with Crippen LogP contribution in [-0.2, 0) is 11.3 Å². The van der Waals surface area contributed by atoms with Crippen LogP contribution in [0, 0.1) is 0 Å². The molecule has 4 nitrogen and oxygen atoms in total. The number of benzene rings is 1. The van der Waals surface area contributed by atoms with Gasteiger partial charge in [0.25, 0.3) is 0 Å². The van der Waals surface area contributed by atoms with E-state index in [0.29, 0.717) is 19.6 Å². The first kappa shape index (κ1) is 16.5. The molecular formula is C16H26N2O2. The van der Waals surface area contributed by atoms with Gasteiger partial charge in [0, 0.05) is 31.6 Å². The summed E-state index contributed by atoms with van der Waals surface area (Å²) in [6, 6.07) is 7.77. The highest BCUT2D eigenvalue weighted by atomic mass is 16.5. The zero-order valence-electron chi connectivity index (χ0n) is 12.8. The molecule has 0 bridgehead atoms. The molecule has 0 saturated carbocycles. The number of nitrogens with two attached hydrogens (primary N) is 1. The molecule has 0 saturated heterocycles. The van der Waals surface area contributed by atoms with E-state index >= 15 is 0 Å². The third-order valence-electron chi connectivity index (χ3n) is 3.20. The Labute approximate surface area is 121 Å². The smallest absolute Gasteiger partial charge is 0.224 e. The minimum atomic E-state index is -0.0444. The zero-order valence-corrected chi connectivity index (χ0v) is 12.8. The molecule has 1 aromatic rings. The van der Waals surface area contributed by atoms with Crippen molar-refractivity contribution in [2.45, 2.75) is 45.7 Å². The number of amides is 1. The fourth-order valence-electron chi connectivity index (χ4n) is 2.13. The standard InChI is InChI=1S/C16H26N2O2/c1-4-8-14(17)11-16(19)18(3)12-13-9-6-7-10-15(13)20-5-2/h6-7,9-10,14H,4-5,8,11-12,17H2,1-3H3. The second-order valence-corrected chi connectivity index (χ2v) is 5.04. The van der Waals surface area contributed by atoms with Crippen molar-refractivity contribution in [1.82, 2.24) is 4.90 Å². The van der Waals surface area contributed by atoms with Crippen LogP contribution >= 0.6 is 0 Å². The van der Waals surface area contributed by atoms with Gasteiger partial charge in [-0.05, 0) is 19.4 Å². The van der Waals surface area contributed by atoms with Crippen LogP contribution in [0.4, 0.5) is 0 Å². The molecule has 1 atom stereocenters. The summed E-state index contributed by atoms with van der Waals surface area (Å²) >= 11 is 0. The maximum Gasteiger partial charge on any atom is 0.224 e. The maximum atomic E-state index is 12.1. The Bertz CT molecular complexity index is 421. The van der Waals surface area contributed by atoms with Crippen molar-refractivity contribution in [1.29, 1.82) is 0 Å². The van der Waals surface area contributed by atoms with Gasteiger partial charge in [-0.1, -0.05) is 31.5 Å². The second-order valence-electron chi connectivity index (χ2n) is 5.04. The predicted octanol–water partition coefficient (Wildman–Crippen LogP) is 2.56. The van der Waals surface area contributed by atoms with Gasteiger partial charge in [0.2, 0.25) is 5.91 Å². The number of carbonyl (C=O) groups is 1. The monoisotopic (exact) mass is 278 g/mol. The van der Waals surface area contributed by atoms with Gasteiger partial charge in [-0.2, -0.15) is 0 Å². The van der Waals surface area contributed by atoms with Crippen molar-refractivity contribution < 1.29 is 9.53 Å². The Morgan fingerprint density at radius 3 is 2.70 bits per heavy atom. The number of hydrogen-bond donors (Lipinski definition) is 1. The first-order chi connectivity index (χ1) is 9.58. The summed E-state index contributed by atoms with van der Waals surface area (Å²) in [6.07, 6.45) is 2.29. The average Bonchev–Trinajstić information content (AvgIpc) is 2.41. The summed E-state index contributed by atoms with van der Waals surface area (Å²) in [5.74, 6) is 0.921. The lowest BCUT2D eigenvalue weighted by Gasteiger charge is -2.21. The molecule has 0 aliphatic heterocycles. The van der Waals surface area contributed by atoms with Crippen LogP contribution in [0.5, 0.6) is 5.75 Å². The molecule has 20 heavy (non-hydrogen) atoms. The van der Waals surface area contributed by atoms with Crippen molar-refractivity contribution in [2.24, 2.45) is 5.73 Å². The second kappa shape index (κ2) is 8.59. The fourth-order valence-corrected chi connectivity index (χ4v) is 2.13. The summed E-state index contributed by atoms with van der Waals surface area (Å²) in [5, 5.41) is 0. The molecule has 0 heterocycles. The van der Waals surface area contributed by atoms with Gasteiger partial charge in [-0.15, -0.1) is 0 Å². The van der Waals surface area contributed by atoms with E-state index in [2.05, 4.69) is 6.92 Å². The van der Waals surface area contributed by atoms with Crippen LogP contribution < -0.4 is 10.5 Å². The third kappa shape index (κ3) is 5.21. The van der Waals surface area contributed by atoms with Crippen LogP contribution in [0.3, 0.4) is 0 Å². The number of ether oxygens (including phenoxy) is 1. The lowest BCUT2D eigenvalue weighted by Crippen LogP contribution is -2.33. The summed E-state index contributed by atoms with van der Waals surface area (Å²) in [5.41, 5.74) is 6.94. The number of carbonyl (C=O) groups excluding carboxylic acids is 1. The van der Waals surface area contributed by atoms with Crippen LogP contribution in [0.1, 0.15) is 38.7 Å². The summed E-state index contributed by atoms with van der Waals surface area (Å²) < 4.78 is 5.57. The van der Waals surface area contributed by atoms with Crippen LogP contribution in [0.2, 0.25) is 0 Å². The van der Waals surface area contributed by atoms with Gasteiger partial charge >= 0.3 is 0 Å². The number of hydrogen-bond acceptors (Lipinski definition) is 3. The Balaban J connectivity index is 2.61. The Morgan fingerprint density at radius 2 is 2.05 bits per heavy atom. The van der Waals surface area contributed by atoms with E-state index in [0.717, 1.165) is 24.2 Å². The Hall–Kier alpha value is -1.55. The summed E-state index contributed by atoms with van der Waals surface area (Å²) in [7, 11) is 1.81. The van der Waals surface area contributed by atoms with E-state index in [9.17, 15) is 4.79 Å². The molecule has 0 radical (unpaired) electrons. The predicted molar refractivity (Wildman–Crippen MR) is 81.6 cm³/mol. The minimum absolute atomic E-state index is 0.0444. The Kier molecular flexibility index (Phi) is 7.09. The average molecular weight is 278 g/mol. The minimum Gasteiger partial charge on any atom is -0.494 e. The van der Waals surface area contributed by atoms with E-state index in [1.54, 1.807) is 4.90 Å². The molecule has 1 unspecified atom stereocenters. The van der Waals surface area contributed by atoms with Crippen molar-refractivity contribution in [2.75, 3.05) is 13.7 Å². The van der Waals surface area contributed by atoms with Crippen LogP contribution in [0.15, 0.2) is 24.3 Å². The zero-order chi connectivity index (χ0) is 15.0. The van der Waals surface area contributed by atoms with Gasteiger partial charge in [-0.25, -0.2) is 0 Å². The molecule has 2 N–H and O–H groups in total. The molecule has 1 rings (SSSR count). The normalized spacial score (nSPS) is 12.0. The third-order valence-corrected chi connectivity index (χ3v) is 3.20. The molecule has 1 aromatic carbocycles. The molecule has 4 heteroatoms. The van der Waals surface area contributed by atoms with E-state index in [4.69, 9.17) is 10.5 Å². The summed E-state index contributed by atoms with van der Waals surface area (Å²) in [6.45, 7) is 5.20. The van der Waals surface area contributed by atoms with Gasteiger partial charge in [0.15, 0.2) is 0 Å². The molecule has 0 aliphatic rings. The maximum absolute atomic E-state index is 12.1. The number of nitrogens with zero attached hydrogens (tertiary/aromatic N) is 1. The lowest BCUT2D eigenvalue weighted by atomic mass is 10.1.